The second-order valence-corrected chi connectivity index (χ2v) is 9.34. The van der Waals surface area contributed by atoms with Gasteiger partial charge in [0.05, 0.1) is 17.5 Å². The lowest BCUT2D eigenvalue weighted by atomic mass is 10.1. The summed E-state index contributed by atoms with van der Waals surface area (Å²) in [6.07, 6.45) is -0.279. The van der Waals surface area contributed by atoms with Crippen LogP contribution in [0.1, 0.15) is 28.8 Å². The molecule has 4 rings (SSSR count). The Morgan fingerprint density at radius 3 is 2.72 bits per heavy atom. The Labute approximate surface area is 195 Å². The maximum Gasteiger partial charge on any atom is 0.506 e. The number of halogens is 1. The average molecular weight is 477 g/mol. The van der Waals surface area contributed by atoms with E-state index in [0.29, 0.717) is 49.2 Å². The fourth-order valence-electron chi connectivity index (χ4n) is 3.83. The number of benzene rings is 1. The molecule has 2 N–H and O–H groups in total. The van der Waals surface area contributed by atoms with Gasteiger partial charge >= 0.3 is 6.16 Å². The van der Waals surface area contributed by atoms with Crippen LogP contribution in [0, 0.1) is 13.8 Å². The minimum Gasteiger partial charge on any atom is -0.495 e. The first-order valence-corrected chi connectivity index (χ1v) is 11.5. The second-order valence-electron chi connectivity index (χ2n) is 7.73. The van der Waals surface area contributed by atoms with Crippen LogP contribution in [0.2, 0.25) is 5.02 Å². The molecule has 0 spiro atoms. The highest BCUT2D eigenvalue weighted by molar-refractivity contribution is 7.18. The summed E-state index contributed by atoms with van der Waals surface area (Å²) in [7, 11) is 1.59. The Balaban J connectivity index is 1.58. The zero-order chi connectivity index (χ0) is 22.8. The maximum absolute atomic E-state index is 10.8. The summed E-state index contributed by atoms with van der Waals surface area (Å²) in [6, 6.07) is 5.70. The van der Waals surface area contributed by atoms with Crippen LogP contribution in [0.5, 0.6) is 5.75 Å². The topological polar surface area (TPSA) is 96.8 Å². The van der Waals surface area contributed by atoms with Gasteiger partial charge in [-0.3, -0.25) is 0 Å². The van der Waals surface area contributed by atoms with E-state index in [9.17, 15) is 4.79 Å². The summed E-state index contributed by atoms with van der Waals surface area (Å²) in [5.41, 5.74) is 2.18. The van der Waals surface area contributed by atoms with Crippen molar-refractivity contribution in [1.82, 2.24) is 9.97 Å². The van der Waals surface area contributed by atoms with Crippen molar-refractivity contribution in [3.63, 3.8) is 0 Å². The van der Waals surface area contributed by atoms with Crippen LogP contribution in [0.25, 0.3) is 10.2 Å². The van der Waals surface area contributed by atoms with E-state index in [1.54, 1.807) is 18.4 Å². The van der Waals surface area contributed by atoms with Crippen molar-refractivity contribution >= 4 is 51.1 Å². The van der Waals surface area contributed by atoms with Crippen LogP contribution in [0.15, 0.2) is 18.2 Å². The van der Waals surface area contributed by atoms with Gasteiger partial charge in [0.15, 0.2) is 0 Å². The smallest absolute Gasteiger partial charge is 0.495 e. The molecular formula is C22H25ClN4O4S. The van der Waals surface area contributed by atoms with E-state index < -0.39 is 6.16 Å². The summed E-state index contributed by atoms with van der Waals surface area (Å²) in [4.78, 5) is 24.7. The van der Waals surface area contributed by atoms with Crippen LogP contribution in [0.4, 0.5) is 16.6 Å². The lowest BCUT2D eigenvalue weighted by Crippen LogP contribution is -2.38. The van der Waals surface area contributed by atoms with Gasteiger partial charge in [0.2, 0.25) is 5.95 Å². The summed E-state index contributed by atoms with van der Waals surface area (Å²) in [6.45, 7) is 6.00. The van der Waals surface area contributed by atoms with Crippen LogP contribution < -0.4 is 15.0 Å². The number of hydrogen-bond donors (Lipinski definition) is 2. The number of nitrogens with one attached hydrogen (secondary N) is 1. The lowest BCUT2D eigenvalue weighted by Gasteiger charge is -2.31. The van der Waals surface area contributed by atoms with E-state index in [-0.39, 0.29) is 6.10 Å². The standard InChI is InChI=1S/C22H25ClN4O4S/c1-12-13(2)32-20-18(12)19(24-11-14-4-5-17(30-3)16(23)10-14)25-21(26-20)27-8-6-15(7-9-27)31-22(28)29/h4-5,10,15H,6-9,11H2,1-3H3,(H,28,29)(H,24,25,26). The van der Waals surface area contributed by atoms with E-state index in [4.69, 9.17) is 36.1 Å². The van der Waals surface area contributed by atoms with Crippen LogP contribution in [-0.2, 0) is 11.3 Å². The minimum absolute atomic E-state index is 0.281. The number of ether oxygens (including phenoxy) is 2. The lowest BCUT2D eigenvalue weighted by molar-refractivity contribution is 0.0415. The largest absolute Gasteiger partial charge is 0.506 e. The molecule has 2 aromatic heterocycles. The van der Waals surface area contributed by atoms with Crippen molar-refractivity contribution in [2.24, 2.45) is 0 Å². The van der Waals surface area contributed by atoms with Crippen molar-refractivity contribution in [2.75, 3.05) is 30.4 Å². The number of piperidine rings is 1. The first-order valence-electron chi connectivity index (χ1n) is 10.3. The maximum atomic E-state index is 10.8. The van der Waals surface area contributed by atoms with Gasteiger partial charge in [0.1, 0.15) is 22.5 Å². The van der Waals surface area contributed by atoms with E-state index >= 15 is 0 Å². The van der Waals surface area contributed by atoms with Gasteiger partial charge in [-0.1, -0.05) is 17.7 Å². The quantitative estimate of drug-likeness (QED) is 0.466. The van der Waals surface area contributed by atoms with Gasteiger partial charge in [0, 0.05) is 37.4 Å². The van der Waals surface area contributed by atoms with Gasteiger partial charge in [-0.05, 0) is 37.1 Å². The Hall–Kier alpha value is -2.78. The Bertz CT molecular complexity index is 1140. The molecule has 0 amide bonds. The number of carbonyl (C=O) groups is 1. The number of aryl methyl sites for hydroxylation is 2. The predicted octanol–water partition coefficient (Wildman–Crippen LogP) is 5.25. The summed E-state index contributed by atoms with van der Waals surface area (Å²) in [5.74, 6) is 2.06. The SMILES string of the molecule is COc1ccc(CNc2nc(N3CCC(OC(=O)O)CC3)nc3sc(C)c(C)c23)cc1Cl. The highest BCUT2D eigenvalue weighted by Crippen LogP contribution is 2.35. The van der Waals surface area contributed by atoms with Gasteiger partial charge in [-0.15, -0.1) is 11.3 Å². The molecule has 0 bridgehead atoms. The van der Waals surface area contributed by atoms with Crippen molar-refractivity contribution < 1.29 is 19.4 Å². The molecule has 0 saturated carbocycles. The highest BCUT2D eigenvalue weighted by Gasteiger charge is 2.25. The number of nitrogens with zero attached hydrogens (tertiary/aromatic N) is 3. The number of anilines is 2. The third-order valence-electron chi connectivity index (χ3n) is 5.69. The van der Waals surface area contributed by atoms with Crippen molar-refractivity contribution in [3.05, 3.63) is 39.2 Å². The summed E-state index contributed by atoms with van der Waals surface area (Å²) >= 11 is 7.93. The fraction of sp³-hybridized carbons (Fsp3) is 0.409. The molecule has 3 aromatic rings. The zero-order valence-electron chi connectivity index (χ0n) is 18.1. The van der Waals surface area contributed by atoms with Crippen molar-refractivity contribution in [3.8, 4) is 5.75 Å². The van der Waals surface area contributed by atoms with Crippen molar-refractivity contribution in [1.29, 1.82) is 0 Å². The number of carboxylic acid groups (broad SMARTS) is 1. The number of aromatic nitrogens is 2. The average Bonchev–Trinajstić information content (AvgIpc) is 3.06. The first kappa shape index (κ1) is 22.4. The molecule has 170 valence electrons. The first-order chi connectivity index (χ1) is 15.4. The molecule has 0 atom stereocenters. The molecule has 1 aromatic carbocycles. The molecular weight excluding hydrogens is 452 g/mol. The molecule has 32 heavy (non-hydrogen) atoms. The van der Waals surface area contributed by atoms with E-state index in [0.717, 1.165) is 21.6 Å². The number of rotatable bonds is 6. The van der Waals surface area contributed by atoms with Crippen LogP contribution in [-0.4, -0.2) is 47.5 Å². The summed E-state index contributed by atoms with van der Waals surface area (Å²) < 4.78 is 10.2. The minimum atomic E-state index is -1.23. The molecule has 1 aliphatic rings. The van der Waals surface area contributed by atoms with Crippen LogP contribution >= 0.6 is 22.9 Å². The molecule has 1 aliphatic heterocycles. The molecule has 1 fully saturated rings. The predicted molar refractivity (Wildman–Crippen MR) is 127 cm³/mol. The number of thiophene rings is 1. The monoisotopic (exact) mass is 476 g/mol. The fourth-order valence-corrected chi connectivity index (χ4v) is 5.13. The third-order valence-corrected chi connectivity index (χ3v) is 7.08. The summed E-state index contributed by atoms with van der Waals surface area (Å²) in [5, 5.41) is 13.9. The Morgan fingerprint density at radius 2 is 2.06 bits per heavy atom. The molecule has 1 saturated heterocycles. The van der Waals surface area contributed by atoms with Gasteiger partial charge in [-0.25, -0.2) is 9.78 Å². The van der Waals surface area contributed by atoms with Gasteiger partial charge < -0.3 is 24.8 Å². The number of hydrogen-bond acceptors (Lipinski definition) is 8. The molecule has 3 heterocycles. The van der Waals surface area contributed by atoms with Crippen molar-refractivity contribution in [2.45, 2.75) is 39.3 Å². The van der Waals surface area contributed by atoms with E-state index in [1.165, 1.54) is 10.4 Å². The van der Waals surface area contributed by atoms with E-state index in [1.807, 2.05) is 18.2 Å². The Morgan fingerprint density at radius 1 is 1.31 bits per heavy atom. The number of fused-ring (bicyclic) bond motifs is 1. The molecule has 0 unspecified atom stereocenters. The Kier molecular flexibility index (Phi) is 6.57. The second kappa shape index (κ2) is 9.38. The third kappa shape index (κ3) is 4.68. The molecule has 8 nitrogen and oxygen atoms in total. The number of methoxy groups -OCH3 is 1. The van der Waals surface area contributed by atoms with Gasteiger partial charge in [0.25, 0.3) is 0 Å². The molecule has 10 heteroatoms. The molecule has 0 aliphatic carbocycles. The normalized spacial score (nSPS) is 14.6. The highest BCUT2D eigenvalue weighted by atomic mass is 35.5. The van der Waals surface area contributed by atoms with E-state index in [2.05, 4.69) is 24.1 Å². The molecule has 0 radical (unpaired) electrons. The zero-order valence-corrected chi connectivity index (χ0v) is 19.7. The van der Waals surface area contributed by atoms with Gasteiger partial charge in [-0.2, -0.15) is 4.98 Å². The van der Waals surface area contributed by atoms with Crippen LogP contribution in [0.3, 0.4) is 0 Å².